The molecule has 2 N–H and O–H groups in total. The molecule has 20 heavy (non-hydrogen) atoms. The number of H-pyrrole nitrogens is 1. The summed E-state index contributed by atoms with van der Waals surface area (Å²) in [5.41, 5.74) is 0.0691. The number of aromatic amines is 1. The Morgan fingerprint density at radius 2 is 2.15 bits per heavy atom. The highest BCUT2D eigenvalue weighted by Crippen LogP contribution is 2.03. The molecule has 0 aromatic carbocycles. The normalized spacial score (nSPS) is 16.9. The minimum Gasteiger partial charge on any atom is -0.370 e. The average molecular weight is 280 g/mol. The first-order valence-electron chi connectivity index (χ1n) is 6.72. The van der Waals surface area contributed by atoms with E-state index >= 15 is 0 Å². The van der Waals surface area contributed by atoms with Crippen LogP contribution in [0.1, 0.15) is 0 Å². The third-order valence-electron chi connectivity index (χ3n) is 3.78. The number of ether oxygens (including phenoxy) is 1. The van der Waals surface area contributed by atoms with E-state index in [-0.39, 0.29) is 5.56 Å². The SMILES string of the molecule is Cn1c(=O)[nH]c(=O)c2c1ncn2CC[NH+]1CCOCC1. The molecule has 8 heteroatoms. The zero-order valence-corrected chi connectivity index (χ0v) is 11.4. The number of nitrogens with one attached hydrogen (secondary N) is 2. The number of nitrogens with zero attached hydrogens (tertiary/aromatic N) is 3. The van der Waals surface area contributed by atoms with Crippen LogP contribution in [-0.2, 0) is 18.3 Å². The van der Waals surface area contributed by atoms with Crippen molar-refractivity contribution in [3.63, 3.8) is 0 Å². The monoisotopic (exact) mass is 280 g/mol. The van der Waals surface area contributed by atoms with Gasteiger partial charge in [0, 0.05) is 7.05 Å². The Morgan fingerprint density at radius 1 is 1.40 bits per heavy atom. The van der Waals surface area contributed by atoms with Crippen molar-refractivity contribution in [2.24, 2.45) is 7.05 Å². The van der Waals surface area contributed by atoms with Gasteiger partial charge >= 0.3 is 5.69 Å². The second-order valence-electron chi connectivity index (χ2n) is 5.04. The van der Waals surface area contributed by atoms with E-state index in [2.05, 4.69) is 9.97 Å². The molecule has 0 bridgehead atoms. The third-order valence-corrected chi connectivity index (χ3v) is 3.78. The molecule has 2 aromatic rings. The molecule has 2 aromatic heterocycles. The van der Waals surface area contributed by atoms with Gasteiger partial charge in [0.05, 0.1) is 32.6 Å². The zero-order chi connectivity index (χ0) is 14.1. The van der Waals surface area contributed by atoms with Gasteiger partial charge in [-0.2, -0.15) is 0 Å². The fourth-order valence-electron chi connectivity index (χ4n) is 2.54. The lowest BCUT2D eigenvalue weighted by Crippen LogP contribution is -3.14. The van der Waals surface area contributed by atoms with Crippen LogP contribution in [0.4, 0.5) is 0 Å². The summed E-state index contributed by atoms with van der Waals surface area (Å²) in [7, 11) is 1.60. The number of imidazole rings is 1. The molecule has 0 unspecified atom stereocenters. The summed E-state index contributed by atoms with van der Waals surface area (Å²) >= 11 is 0. The van der Waals surface area contributed by atoms with Crippen molar-refractivity contribution in [3.8, 4) is 0 Å². The van der Waals surface area contributed by atoms with E-state index in [0.29, 0.717) is 17.7 Å². The molecular weight excluding hydrogens is 262 g/mol. The third kappa shape index (κ3) is 2.27. The fraction of sp³-hybridized carbons (Fsp3) is 0.583. The van der Waals surface area contributed by atoms with Gasteiger partial charge in [0.2, 0.25) is 0 Å². The van der Waals surface area contributed by atoms with Gasteiger partial charge in [0.15, 0.2) is 11.2 Å². The number of morpholine rings is 1. The first-order valence-corrected chi connectivity index (χ1v) is 6.72. The lowest BCUT2D eigenvalue weighted by atomic mass is 10.4. The predicted molar refractivity (Wildman–Crippen MR) is 72.0 cm³/mol. The quantitative estimate of drug-likeness (QED) is 0.642. The summed E-state index contributed by atoms with van der Waals surface area (Å²) in [5.74, 6) is 0. The van der Waals surface area contributed by atoms with Crippen LogP contribution in [-0.4, -0.2) is 52.0 Å². The molecule has 1 aliphatic heterocycles. The Morgan fingerprint density at radius 3 is 2.90 bits per heavy atom. The molecule has 0 saturated carbocycles. The molecule has 3 rings (SSSR count). The van der Waals surface area contributed by atoms with E-state index in [1.165, 1.54) is 9.47 Å². The van der Waals surface area contributed by atoms with E-state index in [1.54, 1.807) is 13.4 Å². The highest BCUT2D eigenvalue weighted by molar-refractivity contribution is 5.69. The number of fused-ring (bicyclic) bond motifs is 1. The smallest absolute Gasteiger partial charge is 0.329 e. The van der Waals surface area contributed by atoms with Crippen molar-refractivity contribution < 1.29 is 9.64 Å². The Bertz CT molecular complexity index is 723. The number of rotatable bonds is 3. The minimum atomic E-state index is -0.438. The van der Waals surface area contributed by atoms with Gasteiger partial charge in [-0.3, -0.25) is 14.3 Å². The van der Waals surface area contributed by atoms with Gasteiger partial charge < -0.3 is 14.2 Å². The van der Waals surface area contributed by atoms with Crippen molar-refractivity contribution in [1.29, 1.82) is 0 Å². The number of aryl methyl sites for hydroxylation is 1. The molecule has 0 radical (unpaired) electrons. The van der Waals surface area contributed by atoms with E-state index < -0.39 is 5.69 Å². The average Bonchev–Trinajstić information content (AvgIpc) is 2.88. The van der Waals surface area contributed by atoms with Gasteiger partial charge in [-0.1, -0.05) is 0 Å². The largest absolute Gasteiger partial charge is 0.370 e. The zero-order valence-electron chi connectivity index (χ0n) is 11.4. The van der Waals surface area contributed by atoms with Crippen molar-refractivity contribution >= 4 is 11.2 Å². The second-order valence-corrected chi connectivity index (χ2v) is 5.04. The molecule has 1 saturated heterocycles. The minimum absolute atomic E-state index is 0.377. The highest BCUT2D eigenvalue weighted by atomic mass is 16.5. The lowest BCUT2D eigenvalue weighted by Gasteiger charge is -2.23. The molecule has 0 amide bonds. The fourth-order valence-corrected chi connectivity index (χ4v) is 2.54. The second kappa shape index (κ2) is 5.22. The van der Waals surface area contributed by atoms with Crippen LogP contribution in [0.15, 0.2) is 15.9 Å². The molecule has 0 spiro atoms. The summed E-state index contributed by atoms with van der Waals surface area (Å²) in [5, 5.41) is 0. The lowest BCUT2D eigenvalue weighted by molar-refractivity contribution is -0.908. The first-order chi connectivity index (χ1) is 9.66. The van der Waals surface area contributed by atoms with Gasteiger partial charge in [-0.05, 0) is 0 Å². The summed E-state index contributed by atoms with van der Waals surface area (Å²) in [6, 6.07) is 0. The highest BCUT2D eigenvalue weighted by Gasteiger charge is 2.16. The van der Waals surface area contributed by atoms with Gasteiger partial charge in [0.25, 0.3) is 5.56 Å². The van der Waals surface area contributed by atoms with E-state index in [4.69, 9.17) is 4.74 Å². The first kappa shape index (κ1) is 13.1. The van der Waals surface area contributed by atoms with Crippen LogP contribution in [0.2, 0.25) is 0 Å². The maximum absolute atomic E-state index is 11.9. The standard InChI is InChI=1S/C12H17N5O3/c1-15-10-9(11(18)14-12(15)19)17(8-13-10)3-2-16-4-6-20-7-5-16/h8H,2-7H2,1H3,(H,14,18,19)/p+1. The Labute approximate surface area is 114 Å². The van der Waals surface area contributed by atoms with Crippen molar-refractivity contribution in [1.82, 2.24) is 19.1 Å². The summed E-state index contributed by atoms with van der Waals surface area (Å²) in [6.45, 7) is 5.16. The number of aromatic nitrogens is 4. The molecule has 0 atom stereocenters. The topological polar surface area (TPSA) is 86.4 Å². The van der Waals surface area contributed by atoms with Gasteiger partial charge in [-0.15, -0.1) is 0 Å². The van der Waals surface area contributed by atoms with Crippen molar-refractivity contribution in [2.45, 2.75) is 6.54 Å². The predicted octanol–water partition coefficient (Wildman–Crippen LogP) is -2.66. The van der Waals surface area contributed by atoms with Crippen LogP contribution in [0.5, 0.6) is 0 Å². The molecule has 1 aliphatic rings. The molecule has 1 fully saturated rings. The molecule has 108 valence electrons. The van der Waals surface area contributed by atoms with Crippen LogP contribution >= 0.6 is 0 Å². The van der Waals surface area contributed by atoms with Crippen LogP contribution in [0.25, 0.3) is 11.2 Å². The van der Waals surface area contributed by atoms with Crippen LogP contribution in [0.3, 0.4) is 0 Å². The Hall–Kier alpha value is -1.93. The maximum Gasteiger partial charge on any atom is 0.329 e. The molecular formula is C12H18N5O3+. The molecule has 3 heterocycles. The number of hydrogen-bond donors (Lipinski definition) is 2. The molecule has 0 aliphatic carbocycles. The number of hydrogen-bond acceptors (Lipinski definition) is 4. The number of quaternary nitrogens is 1. The Kier molecular flexibility index (Phi) is 3.41. The summed E-state index contributed by atoms with van der Waals surface area (Å²) in [4.78, 5) is 31.4. The Balaban J connectivity index is 1.87. The summed E-state index contributed by atoms with van der Waals surface area (Å²) in [6.07, 6.45) is 1.62. The maximum atomic E-state index is 11.9. The van der Waals surface area contributed by atoms with E-state index in [9.17, 15) is 9.59 Å². The van der Waals surface area contributed by atoms with E-state index in [1.807, 2.05) is 4.57 Å². The van der Waals surface area contributed by atoms with Crippen molar-refractivity contribution in [3.05, 3.63) is 27.2 Å². The van der Waals surface area contributed by atoms with E-state index in [0.717, 1.165) is 32.8 Å². The molecule has 8 nitrogen and oxygen atoms in total. The van der Waals surface area contributed by atoms with Crippen molar-refractivity contribution in [2.75, 3.05) is 32.8 Å². The van der Waals surface area contributed by atoms with Crippen LogP contribution in [0, 0.1) is 0 Å². The van der Waals surface area contributed by atoms with Gasteiger partial charge in [-0.25, -0.2) is 9.78 Å². The van der Waals surface area contributed by atoms with Gasteiger partial charge in [0.1, 0.15) is 13.1 Å². The summed E-state index contributed by atoms with van der Waals surface area (Å²) < 4.78 is 8.49. The van der Waals surface area contributed by atoms with Crippen LogP contribution < -0.4 is 16.1 Å².